The molecule has 0 aliphatic rings. The van der Waals surface area contributed by atoms with Crippen LogP contribution in [0.1, 0.15) is 21.3 Å². The molecule has 0 atom stereocenters. The van der Waals surface area contributed by atoms with Gasteiger partial charge in [0.15, 0.2) is 0 Å². The molecular weight excluding hydrogens is 456 g/mol. The minimum absolute atomic E-state index is 0. The summed E-state index contributed by atoms with van der Waals surface area (Å²) in [5.41, 5.74) is 2.76. The number of carbonyl (C=O) groups excluding carboxylic acids is 1. The molecule has 0 saturated heterocycles. The molecule has 4 aromatic heterocycles. The van der Waals surface area contributed by atoms with Crippen LogP contribution in [0.2, 0.25) is 0 Å². The third-order valence-corrected chi connectivity index (χ3v) is 5.83. The Labute approximate surface area is 206 Å². The smallest absolute Gasteiger partial charge is 0.301 e. The zero-order chi connectivity index (χ0) is 24.5. The largest absolute Gasteiger partial charge is 0.334 e. The second kappa shape index (κ2) is 9.99. The molecule has 6 aromatic rings. The molecule has 0 N–H and O–H groups in total. The van der Waals surface area contributed by atoms with Crippen molar-refractivity contribution in [1.29, 1.82) is 0 Å². The zero-order valence-corrected chi connectivity index (χ0v) is 19.4. The maximum atomic E-state index is 12.4. The minimum Gasteiger partial charge on any atom is -0.301 e. The fourth-order valence-corrected chi connectivity index (χ4v) is 4.37. The van der Waals surface area contributed by atoms with Crippen LogP contribution in [0, 0.1) is 5.92 Å². The highest BCUT2D eigenvalue weighted by atomic mass is 16.2. The first kappa shape index (κ1) is 24.6. The molecule has 36 heavy (non-hydrogen) atoms. The molecule has 0 amide bonds. The number of carbonyl (C=O) groups is 1. The summed E-state index contributed by atoms with van der Waals surface area (Å²) in [6, 6.07) is 15.3. The molecule has 6 rings (SSSR count). The number of aldehydes is 1. The second-order valence-electron chi connectivity index (χ2n) is 8.62. The van der Waals surface area contributed by atoms with Gasteiger partial charge in [0.25, 0.3) is 0 Å². The molecule has 0 spiro atoms. The normalized spacial score (nSPS) is 11.1. The van der Waals surface area contributed by atoms with Gasteiger partial charge in [0.05, 0.1) is 17.6 Å². The number of nitrogens with zero attached hydrogens (tertiary/aromatic N) is 6. The fraction of sp³-hybridized carbons (Fsp3) is 0.222. The number of benzene rings is 2. The van der Waals surface area contributed by atoms with Crippen LogP contribution in [-0.2, 0) is 17.9 Å². The van der Waals surface area contributed by atoms with E-state index in [9.17, 15) is 14.4 Å². The molecule has 9 heteroatoms. The maximum Gasteiger partial charge on any atom is 0.334 e. The highest BCUT2D eigenvalue weighted by Crippen LogP contribution is 2.18. The maximum absolute atomic E-state index is 12.4. The van der Waals surface area contributed by atoms with Crippen molar-refractivity contribution in [3.05, 3.63) is 94.3 Å². The van der Waals surface area contributed by atoms with Crippen LogP contribution < -0.4 is 11.4 Å². The van der Waals surface area contributed by atoms with Crippen LogP contribution in [0.15, 0.2) is 82.9 Å². The standard InChI is InChI=1S/C14H15N3O.C12H9N3O2.CH4/c1-10(2)9-17-12-6-4-3-5-11(12)13-15-7-8-16(13)14(17)18;16-8-7-14-10-4-2-1-3-9(10)11-13-5-6-15(11)12(14)17;/h3-8,10H,9H2,1-2H3;1-6,8H,7H2;1H4. The van der Waals surface area contributed by atoms with E-state index in [0.29, 0.717) is 18.1 Å². The summed E-state index contributed by atoms with van der Waals surface area (Å²) in [7, 11) is 0. The highest BCUT2D eigenvalue weighted by Gasteiger charge is 2.12. The van der Waals surface area contributed by atoms with Crippen molar-refractivity contribution in [2.24, 2.45) is 5.92 Å². The molecule has 4 heterocycles. The second-order valence-corrected chi connectivity index (χ2v) is 8.62. The van der Waals surface area contributed by atoms with E-state index in [1.165, 1.54) is 8.97 Å². The summed E-state index contributed by atoms with van der Waals surface area (Å²) in [5.74, 6) is 0.423. The summed E-state index contributed by atoms with van der Waals surface area (Å²) >= 11 is 0. The Morgan fingerprint density at radius 2 is 1.25 bits per heavy atom. The SMILES string of the molecule is C.CC(C)Cn1c(=O)n2ccnc2c2ccccc21.O=CCn1c(=O)n2ccnc2c2ccccc21. The first-order chi connectivity index (χ1) is 17.0. The van der Waals surface area contributed by atoms with Crippen molar-refractivity contribution in [2.75, 3.05) is 0 Å². The van der Waals surface area contributed by atoms with Crippen molar-refractivity contribution in [1.82, 2.24) is 27.9 Å². The monoisotopic (exact) mass is 484 g/mol. The van der Waals surface area contributed by atoms with Gasteiger partial charge in [-0.2, -0.15) is 0 Å². The van der Waals surface area contributed by atoms with Gasteiger partial charge in [-0.1, -0.05) is 45.5 Å². The molecule has 0 bridgehead atoms. The van der Waals surface area contributed by atoms with Gasteiger partial charge in [0.2, 0.25) is 0 Å². The lowest BCUT2D eigenvalue weighted by Crippen LogP contribution is -2.28. The number of imidazole rings is 2. The topological polar surface area (TPSA) is 95.7 Å². The van der Waals surface area contributed by atoms with Gasteiger partial charge in [0.1, 0.15) is 17.6 Å². The Balaban J connectivity index is 0.000000165. The average molecular weight is 485 g/mol. The Kier molecular flexibility index (Phi) is 6.82. The molecule has 2 aromatic carbocycles. The third kappa shape index (κ3) is 4.08. The van der Waals surface area contributed by atoms with Crippen LogP contribution in [0.25, 0.3) is 33.1 Å². The number of hydrogen-bond acceptors (Lipinski definition) is 5. The number of para-hydroxylation sites is 2. The van der Waals surface area contributed by atoms with Gasteiger partial charge in [-0.3, -0.25) is 17.9 Å². The van der Waals surface area contributed by atoms with E-state index in [1.54, 1.807) is 29.2 Å². The molecule has 0 aliphatic heterocycles. The lowest BCUT2D eigenvalue weighted by Gasteiger charge is -2.13. The zero-order valence-electron chi connectivity index (χ0n) is 19.4. The summed E-state index contributed by atoms with van der Waals surface area (Å²) < 4.78 is 6.34. The molecule has 0 fully saturated rings. The van der Waals surface area contributed by atoms with Crippen LogP contribution >= 0.6 is 0 Å². The molecular formula is C27H28N6O3. The van der Waals surface area contributed by atoms with Crippen molar-refractivity contribution in [2.45, 2.75) is 34.4 Å². The average Bonchev–Trinajstić information content (AvgIpc) is 3.55. The van der Waals surface area contributed by atoms with Crippen LogP contribution in [0.4, 0.5) is 0 Å². The summed E-state index contributed by atoms with van der Waals surface area (Å²) in [6.07, 6.45) is 7.29. The summed E-state index contributed by atoms with van der Waals surface area (Å²) in [6.45, 7) is 4.99. The number of fused-ring (bicyclic) bond motifs is 6. The molecule has 0 unspecified atom stereocenters. The first-order valence-electron chi connectivity index (χ1n) is 11.3. The predicted molar refractivity (Wildman–Crippen MR) is 142 cm³/mol. The van der Waals surface area contributed by atoms with Gasteiger partial charge >= 0.3 is 11.4 Å². The van der Waals surface area contributed by atoms with Crippen molar-refractivity contribution < 1.29 is 4.79 Å². The van der Waals surface area contributed by atoms with E-state index in [4.69, 9.17) is 0 Å². The van der Waals surface area contributed by atoms with Crippen molar-refractivity contribution >= 4 is 39.4 Å². The Hall–Kier alpha value is -4.53. The van der Waals surface area contributed by atoms with Gasteiger partial charge in [-0.25, -0.2) is 19.6 Å². The molecule has 0 radical (unpaired) electrons. The van der Waals surface area contributed by atoms with Gasteiger partial charge in [-0.15, -0.1) is 0 Å². The van der Waals surface area contributed by atoms with Crippen LogP contribution in [-0.4, -0.2) is 34.2 Å². The number of hydrogen-bond donors (Lipinski definition) is 0. The van der Waals surface area contributed by atoms with Crippen LogP contribution in [0.5, 0.6) is 0 Å². The predicted octanol–water partition coefficient (Wildman–Crippen LogP) is 3.79. The third-order valence-electron chi connectivity index (χ3n) is 5.83. The lowest BCUT2D eigenvalue weighted by molar-refractivity contribution is -0.108. The Bertz CT molecular complexity index is 1810. The molecule has 0 aliphatic carbocycles. The van der Waals surface area contributed by atoms with Crippen molar-refractivity contribution in [3.8, 4) is 0 Å². The van der Waals surface area contributed by atoms with Crippen molar-refractivity contribution in [3.63, 3.8) is 0 Å². The molecule has 184 valence electrons. The minimum atomic E-state index is -0.247. The Morgan fingerprint density at radius 3 is 1.75 bits per heavy atom. The van der Waals surface area contributed by atoms with E-state index in [0.717, 1.165) is 33.7 Å². The van der Waals surface area contributed by atoms with Crippen LogP contribution in [0.3, 0.4) is 0 Å². The summed E-state index contributed by atoms with van der Waals surface area (Å²) in [5, 5.41) is 1.88. The summed E-state index contributed by atoms with van der Waals surface area (Å²) in [4.78, 5) is 43.7. The van der Waals surface area contributed by atoms with Gasteiger partial charge in [0, 0.05) is 42.1 Å². The van der Waals surface area contributed by atoms with E-state index >= 15 is 0 Å². The molecule has 9 nitrogen and oxygen atoms in total. The van der Waals surface area contributed by atoms with E-state index in [2.05, 4.69) is 23.8 Å². The van der Waals surface area contributed by atoms with E-state index in [1.807, 2.05) is 53.1 Å². The van der Waals surface area contributed by atoms with Gasteiger partial charge < -0.3 is 4.79 Å². The Morgan fingerprint density at radius 1 is 0.778 bits per heavy atom. The number of rotatable bonds is 4. The van der Waals surface area contributed by atoms with Gasteiger partial charge in [-0.05, 0) is 30.2 Å². The van der Waals surface area contributed by atoms with E-state index < -0.39 is 0 Å². The fourth-order valence-electron chi connectivity index (χ4n) is 4.37. The first-order valence-corrected chi connectivity index (χ1v) is 11.3. The van der Waals surface area contributed by atoms with E-state index in [-0.39, 0.29) is 25.4 Å². The molecule has 0 saturated carbocycles. The highest BCUT2D eigenvalue weighted by molar-refractivity contribution is 5.92. The quantitative estimate of drug-likeness (QED) is 0.355. The number of aromatic nitrogens is 6. The lowest BCUT2D eigenvalue weighted by atomic mass is 10.2.